The summed E-state index contributed by atoms with van der Waals surface area (Å²) in [6.45, 7) is 4.03. The van der Waals surface area contributed by atoms with Gasteiger partial charge in [0, 0.05) is 13.6 Å². The molecule has 0 aromatic heterocycles. The van der Waals surface area contributed by atoms with E-state index in [4.69, 9.17) is 9.47 Å². The van der Waals surface area contributed by atoms with Crippen molar-refractivity contribution in [3.8, 4) is 5.75 Å². The van der Waals surface area contributed by atoms with Crippen LogP contribution in [0.1, 0.15) is 11.1 Å². The van der Waals surface area contributed by atoms with E-state index < -0.39 is 5.97 Å². The lowest BCUT2D eigenvalue weighted by molar-refractivity contribution is -0.129. The van der Waals surface area contributed by atoms with Crippen LogP contribution < -0.4 is 4.74 Å². The van der Waals surface area contributed by atoms with Crippen molar-refractivity contribution in [2.24, 2.45) is 4.99 Å². The minimum atomic E-state index is -0.487. The molecule has 0 aliphatic carbocycles. The molecule has 1 heterocycles. The molecule has 0 unspecified atom stereocenters. The third-order valence-corrected chi connectivity index (χ3v) is 6.97. The minimum Gasteiger partial charge on any atom is -0.487 e. The smallest absolute Gasteiger partial charge is 0.363 e. The molecule has 0 fully saturated rings. The number of hydrogen-bond donors (Lipinski definition) is 0. The molecule has 4 nitrogen and oxygen atoms in total. The summed E-state index contributed by atoms with van der Waals surface area (Å²) in [7, 11) is 0. The summed E-state index contributed by atoms with van der Waals surface area (Å²) in [4.78, 5) is 16.6. The second-order valence-electron chi connectivity index (χ2n) is 5.38. The molecule has 1 aliphatic heterocycles. The zero-order valence-electron chi connectivity index (χ0n) is 13.6. The van der Waals surface area contributed by atoms with Crippen LogP contribution in [0, 0.1) is 3.57 Å². The fourth-order valence-electron chi connectivity index (χ4n) is 2.26. The summed E-state index contributed by atoms with van der Waals surface area (Å²) in [6.07, 6.45) is 3.34. The highest BCUT2D eigenvalue weighted by Gasteiger charge is 2.24. The van der Waals surface area contributed by atoms with Crippen molar-refractivity contribution in [2.75, 3.05) is 6.61 Å². The Hall–Kier alpha value is -0.970. The van der Waals surface area contributed by atoms with Gasteiger partial charge in [-0.25, -0.2) is 9.79 Å². The predicted octanol–water partition coefficient (Wildman–Crippen LogP) is 6.49. The van der Waals surface area contributed by atoms with Crippen molar-refractivity contribution >= 4 is 88.3 Å². The van der Waals surface area contributed by atoms with Gasteiger partial charge in [-0.15, -0.1) is 0 Å². The van der Waals surface area contributed by atoms with E-state index in [0.717, 1.165) is 28.1 Å². The zero-order chi connectivity index (χ0) is 19.6. The van der Waals surface area contributed by atoms with Crippen LogP contribution in [0.25, 0.3) is 6.08 Å². The van der Waals surface area contributed by atoms with Crippen LogP contribution in [0.15, 0.2) is 67.1 Å². The third-order valence-electron chi connectivity index (χ3n) is 3.46. The molecular formula is C19H11Br3INO3. The van der Waals surface area contributed by atoms with E-state index in [2.05, 4.69) is 82.0 Å². The quantitative estimate of drug-likeness (QED) is 0.159. The Kier molecular flexibility index (Phi) is 6.93. The molecule has 0 atom stereocenters. The molecule has 0 N–H and O–H groups in total. The number of esters is 1. The van der Waals surface area contributed by atoms with Crippen LogP contribution in [0.3, 0.4) is 0 Å². The number of benzene rings is 2. The minimum absolute atomic E-state index is 0.234. The molecule has 0 amide bonds. The highest BCUT2D eigenvalue weighted by Crippen LogP contribution is 2.36. The van der Waals surface area contributed by atoms with E-state index in [-0.39, 0.29) is 11.6 Å². The summed E-state index contributed by atoms with van der Waals surface area (Å²) < 4.78 is 14.4. The second kappa shape index (κ2) is 9.02. The maximum absolute atomic E-state index is 12.2. The molecule has 0 radical (unpaired) electrons. The maximum Gasteiger partial charge on any atom is 0.363 e. The Morgan fingerprint density at radius 1 is 1.15 bits per heavy atom. The predicted molar refractivity (Wildman–Crippen MR) is 125 cm³/mol. The van der Waals surface area contributed by atoms with Crippen LogP contribution in [-0.4, -0.2) is 18.5 Å². The van der Waals surface area contributed by atoms with E-state index in [1.54, 1.807) is 12.2 Å². The summed E-state index contributed by atoms with van der Waals surface area (Å²) in [6, 6.07) is 9.35. The Bertz CT molecular complexity index is 979. The lowest BCUT2D eigenvalue weighted by atomic mass is 10.2. The van der Waals surface area contributed by atoms with E-state index in [0.29, 0.717) is 12.4 Å². The fourth-order valence-corrected chi connectivity index (χ4v) is 4.43. The van der Waals surface area contributed by atoms with Gasteiger partial charge in [0.2, 0.25) is 5.90 Å². The van der Waals surface area contributed by atoms with Gasteiger partial charge in [-0.3, -0.25) is 0 Å². The van der Waals surface area contributed by atoms with Crippen molar-refractivity contribution in [2.45, 2.75) is 0 Å². The first kappa shape index (κ1) is 20.8. The highest BCUT2D eigenvalue weighted by molar-refractivity contribution is 14.1. The second-order valence-corrected chi connectivity index (χ2v) is 9.10. The van der Waals surface area contributed by atoms with Crippen LogP contribution in [0.4, 0.5) is 0 Å². The van der Waals surface area contributed by atoms with Gasteiger partial charge in [0.25, 0.3) is 0 Å². The first-order valence-electron chi connectivity index (χ1n) is 7.59. The lowest BCUT2D eigenvalue weighted by Crippen LogP contribution is -2.05. The van der Waals surface area contributed by atoms with Gasteiger partial charge in [0.1, 0.15) is 12.4 Å². The van der Waals surface area contributed by atoms with E-state index >= 15 is 0 Å². The van der Waals surface area contributed by atoms with Crippen molar-refractivity contribution < 1.29 is 14.3 Å². The van der Waals surface area contributed by atoms with Crippen LogP contribution in [0.2, 0.25) is 0 Å². The third kappa shape index (κ3) is 4.90. The Balaban J connectivity index is 1.92. The molecule has 0 saturated carbocycles. The molecule has 2 aromatic carbocycles. The average Bonchev–Trinajstić information content (AvgIpc) is 2.97. The largest absolute Gasteiger partial charge is 0.487 e. The summed E-state index contributed by atoms with van der Waals surface area (Å²) in [5.74, 6) is 0.463. The number of aliphatic imine (C=N–C) groups is 1. The molecule has 0 bridgehead atoms. The van der Waals surface area contributed by atoms with Gasteiger partial charge in [-0.1, -0.05) is 12.7 Å². The first-order valence-corrected chi connectivity index (χ1v) is 11.1. The van der Waals surface area contributed by atoms with E-state index in [1.807, 2.05) is 30.3 Å². The number of hydrogen-bond acceptors (Lipinski definition) is 4. The van der Waals surface area contributed by atoms with Crippen molar-refractivity contribution in [1.82, 2.24) is 0 Å². The molecule has 3 rings (SSSR count). The van der Waals surface area contributed by atoms with Crippen molar-refractivity contribution in [1.29, 1.82) is 0 Å². The summed E-state index contributed by atoms with van der Waals surface area (Å²) in [5.41, 5.74) is 1.74. The number of ether oxygens (including phenoxy) is 2. The number of halogens is 4. The zero-order valence-corrected chi connectivity index (χ0v) is 20.6. The molecule has 27 heavy (non-hydrogen) atoms. The molecule has 0 spiro atoms. The fraction of sp³-hybridized carbons (Fsp3) is 0.0526. The Labute approximate surface area is 195 Å². The van der Waals surface area contributed by atoms with Crippen molar-refractivity contribution in [3.63, 3.8) is 0 Å². The normalized spacial score (nSPS) is 14.9. The van der Waals surface area contributed by atoms with Crippen LogP contribution in [-0.2, 0) is 9.53 Å². The number of carbonyl (C=O) groups is 1. The molecule has 1 aliphatic rings. The summed E-state index contributed by atoms with van der Waals surface area (Å²) >= 11 is 12.6. The number of carbonyl (C=O) groups excluding carboxylic acids is 1. The molecule has 0 saturated heterocycles. The van der Waals surface area contributed by atoms with Gasteiger partial charge in [0.15, 0.2) is 5.70 Å². The standard InChI is InChI=1S/C19H11Br3INO3/c1-2-5-26-17-13(21)6-10(7-14(17)22)8-16-19(25)27-18(24-16)11-3-4-15(23)12(20)9-11/h2-4,6-9H,1,5H2/b16-8-. The van der Waals surface area contributed by atoms with Crippen LogP contribution in [0.5, 0.6) is 5.75 Å². The Morgan fingerprint density at radius 2 is 1.85 bits per heavy atom. The monoisotopic (exact) mass is 665 g/mol. The molecule has 8 heteroatoms. The first-order chi connectivity index (χ1) is 12.9. The molecule has 2 aromatic rings. The SMILES string of the molecule is C=CCOc1c(Br)cc(/C=C2\N=C(c3ccc(I)c(Br)c3)OC2=O)cc1Br. The lowest BCUT2D eigenvalue weighted by Gasteiger charge is -2.09. The average molecular weight is 668 g/mol. The van der Waals surface area contributed by atoms with Crippen LogP contribution >= 0.6 is 70.4 Å². The van der Waals surface area contributed by atoms with Gasteiger partial charge in [-0.05, 0) is 112 Å². The maximum atomic E-state index is 12.2. The number of rotatable bonds is 5. The molecular weight excluding hydrogens is 657 g/mol. The highest BCUT2D eigenvalue weighted by atomic mass is 127. The Morgan fingerprint density at radius 3 is 2.48 bits per heavy atom. The van der Waals surface area contributed by atoms with E-state index in [1.165, 1.54) is 0 Å². The molecule has 138 valence electrons. The number of cyclic esters (lactones) is 1. The number of nitrogens with zero attached hydrogens (tertiary/aromatic N) is 1. The summed E-state index contributed by atoms with van der Waals surface area (Å²) in [5, 5.41) is 0. The van der Waals surface area contributed by atoms with Crippen molar-refractivity contribution in [3.05, 3.63) is 76.8 Å². The topological polar surface area (TPSA) is 47.9 Å². The van der Waals surface area contributed by atoms with Gasteiger partial charge < -0.3 is 9.47 Å². The van der Waals surface area contributed by atoms with Gasteiger partial charge in [-0.2, -0.15) is 0 Å². The van der Waals surface area contributed by atoms with E-state index in [9.17, 15) is 4.79 Å². The van der Waals surface area contributed by atoms with Gasteiger partial charge in [0.05, 0.1) is 8.95 Å². The van der Waals surface area contributed by atoms with Gasteiger partial charge >= 0.3 is 5.97 Å².